The monoisotopic (exact) mass is 268 g/mol. The molecule has 1 aromatic rings. The average molecular weight is 268 g/mol. The zero-order valence-electron chi connectivity index (χ0n) is 11.8. The summed E-state index contributed by atoms with van der Waals surface area (Å²) in [6.07, 6.45) is 3.89. The molecular formula is C14H24N2OS. The van der Waals surface area contributed by atoms with Gasteiger partial charge in [0.2, 0.25) is 0 Å². The zero-order valence-corrected chi connectivity index (χ0v) is 12.6. The third kappa shape index (κ3) is 5.27. The highest BCUT2D eigenvalue weighted by Crippen LogP contribution is 2.22. The molecule has 1 N–H and O–H groups in total. The standard InChI is InChI=1S/C14H24N2OS/c1-5-16-14(10-18-6-2)12-7-13(9-15-8-12)17-11(3)4/h7-9,11,14,16H,5-6,10H2,1-4H3. The Bertz CT molecular complexity index is 344. The fraction of sp³-hybridized carbons (Fsp3) is 0.643. The predicted octanol–water partition coefficient (Wildman–Crippen LogP) is 3.27. The molecule has 0 aromatic carbocycles. The number of thioether (sulfide) groups is 1. The summed E-state index contributed by atoms with van der Waals surface area (Å²) in [6.45, 7) is 9.34. The summed E-state index contributed by atoms with van der Waals surface area (Å²) < 4.78 is 5.69. The van der Waals surface area contributed by atoms with Crippen LogP contribution in [-0.4, -0.2) is 29.1 Å². The Hall–Kier alpha value is -0.740. The number of pyridine rings is 1. The van der Waals surface area contributed by atoms with Crippen LogP contribution in [0.25, 0.3) is 0 Å². The minimum Gasteiger partial charge on any atom is -0.489 e. The summed E-state index contributed by atoms with van der Waals surface area (Å²) in [6, 6.07) is 2.44. The van der Waals surface area contributed by atoms with Crippen LogP contribution in [0.1, 0.15) is 39.3 Å². The number of ether oxygens (including phenoxy) is 1. The molecule has 4 heteroatoms. The summed E-state index contributed by atoms with van der Waals surface area (Å²) in [5, 5.41) is 3.50. The maximum absolute atomic E-state index is 5.69. The molecule has 1 atom stereocenters. The molecule has 1 heterocycles. The van der Waals surface area contributed by atoms with E-state index in [2.05, 4.69) is 30.2 Å². The van der Waals surface area contributed by atoms with E-state index in [1.54, 1.807) is 6.20 Å². The third-order valence-corrected chi connectivity index (χ3v) is 3.42. The van der Waals surface area contributed by atoms with Gasteiger partial charge in [0.05, 0.1) is 12.3 Å². The van der Waals surface area contributed by atoms with Crippen molar-refractivity contribution in [3.63, 3.8) is 0 Å². The quantitative estimate of drug-likeness (QED) is 0.784. The lowest BCUT2D eigenvalue weighted by atomic mass is 10.1. The summed E-state index contributed by atoms with van der Waals surface area (Å²) in [7, 11) is 0. The van der Waals surface area contributed by atoms with Crippen molar-refractivity contribution in [2.24, 2.45) is 0 Å². The Labute approximate surface area is 115 Å². The molecule has 1 unspecified atom stereocenters. The molecule has 0 fully saturated rings. The maximum atomic E-state index is 5.69. The lowest BCUT2D eigenvalue weighted by Crippen LogP contribution is -2.23. The smallest absolute Gasteiger partial charge is 0.138 e. The van der Waals surface area contributed by atoms with Gasteiger partial charge in [0.1, 0.15) is 5.75 Å². The third-order valence-electron chi connectivity index (χ3n) is 2.45. The number of nitrogens with one attached hydrogen (secondary N) is 1. The second-order valence-corrected chi connectivity index (χ2v) is 5.71. The Balaban J connectivity index is 2.76. The molecule has 0 aliphatic heterocycles. The Morgan fingerprint density at radius 2 is 2.11 bits per heavy atom. The SMILES string of the molecule is CCNC(CSCC)c1cncc(OC(C)C)c1. The van der Waals surface area contributed by atoms with E-state index in [0.29, 0.717) is 6.04 Å². The molecule has 0 bridgehead atoms. The number of hydrogen-bond acceptors (Lipinski definition) is 4. The van der Waals surface area contributed by atoms with Crippen LogP contribution >= 0.6 is 11.8 Å². The first-order valence-corrected chi connectivity index (χ1v) is 7.75. The van der Waals surface area contributed by atoms with Crippen LogP contribution in [0.3, 0.4) is 0 Å². The molecule has 0 radical (unpaired) electrons. The van der Waals surface area contributed by atoms with Crippen LogP contribution < -0.4 is 10.1 Å². The molecule has 0 saturated carbocycles. The first-order chi connectivity index (χ1) is 8.67. The highest BCUT2D eigenvalue weighted by Gasteiger charge is 2.11. The maximum Gasteiger partial charge on any atom is 0.138 e. The molecule has 0 aliphatic rings. The summed E-state index contributed by atoms with van der Waals surface area (Å²) in [4.78, 5) is 4.27. The van der Waals surface area contributed by atoms with Crippen molar-refractivity contribution in [3.8, 4) is 5.75 Å². The number of hydrogen-bond donors (Lipinski definition) is 1. The van der Waals surface area contributed by atoms with E-state index in [9.17, 15) is 0 Å². The van der Waals surface area contributed by atoms with E-state index in [4.69, 9.17) is 4.74 Å². The van der Waals surface area contributed by atoms with Gasteiger partial charge in [-0.1, -0.05) is 13.8 Å². The van der Waals surface area contributed by atoms with E-state index in [0.717, 1.165) is 23.8 Å². The van der Waals surface area contributed by atoms with Gasteiger partial charge in [0, 0.05) is 18.0 Å². The molecule has 0 saturated heterocycles. The summed E-state index contributed by atoms with van der Waals surface area (Å²) in [5.41, 5.74) is 1.20. The second-order valence-electron chi connectivity index (χ2n) is 4.39. The van der Waals surface area contributed by atoms with Crippen molar-refractivity contribution in [3.05, 3.63) is 24.0 Å². The lowest BCUT2D eigenvalue weighted by Gasteiger charge is -2.18. The second kappa shape index (κ2) is 8.38. The van der Waals surface area contributed by atoms with Crippen LogP contribution in [0.4, 0.5) is 0 Å². The van der Waals surface area contributed by atoms with Crippen molar-refractivity contribution in [2.45, 2.75) is 39.8 Å². The van der Waals surface area contributed by atoms with Crippen LogP contribution in [0.2, 0.25) is 0 Å². The molecule has 0 aliphatic carbocycles. The van der Waals surface area contributed by atoms with Crippen LogP contribution in [0, 0.1) is 0 Å². The fourth-order valence-electron chi connectivity index (χ4n) is 1.72. The van der Waals surface area contributed by atoms with Gasteiger partial charge in [0.25, 0.3) is 0 Å². The van der Waals surface area contributed by atoms with E-state index in [1.807, 2.05) is 31.8 Å². The molecule has 0 spiro atoms. The molecule has 1 rings (SSSR count). The van der Waals surface area contributed by atoms with E-state index < -0.39 is 0 Å². The molecule has 1 aromatic heterocycles. The van der Waals surface area contributed by atoms with Gasteiger partial charge in [0.15, 0.2) is 0 Å². The lowest BCUT2D eigenvalue weighted by molar-refractivity contribution is 0.241. The highest BCUT2D eigenvalue weighted by atomic mass is 32.2. The van der Waals surface area contributed by atoms with Crippen LogP contribution in [0.5, 0.6) is 5.75 Å². The molecule has 18 heavy (non-hydrogen) atoms. The van der Waals surface area contributed by atoms with Crippen molar-refractivity contribution >= 4 is 11.8 Å². The number of aromatic nitrogens is 1. The molecular weight excluding hydrogens is 244 g/mol. The highest BCUT2D eigenvalue weighted by molar-refractivity contribution is 7.99. The van der Waals surface area contributed by atoms with Crippen molar-refractivity contribution in [1.29, 1.82) is 0 Å². The van der Waals surface area contributed by atoms with Gasteiger partial charge in [-0.05, 0) is 37.8 Å². The first-order valence-electron chi connectivity index (χ1n) is 6.60. The van der Waals surface area contributed by atoms with Crippen molar-refractivity contribution in [2.75, 3.05) is 18.1 Å². The van der Waals surface area contributed by atoms with Gasteiger partial charge in [-0.2, -0.15) is 11.8 Å². The predicted molar refractivity (Wildman–Crippen MR) is 79.4 cm³/mol. The first kappa shape index (κ1) is 15.3. The van der Waals surface area contributed by atoms with Crippen molar-refractivity contribution in [1.82, 2.24) is 10.3 Å². The minimum absolute atomic E-state index is 0.185. The van der Waals surface area contributed by atoms with Gasteiger partial charge in [-0.25, -0.2) is 0 Å². The largest absolute Gasteiger partial charge is 0.489 e. The van der Waals surface area contributed by atoms with Crippen molar-refractivity contribution < 1.29 is 4.74 Å². The Morgan fingerprint density at radius 1 is 1.33 bits per heavy atom. The molecule has 102 valence electrons. The minimum atomic E-state index is 0.185. The van der Waals surface area contributed by atoms with Crippen LogP contribution in [-0.2, 0) is 0 Å². The van der Waals surface area contributed by atoms with Gasteiger partial charge in [-0.3, -0.25) is 4.98 Å². The van der Waals surface area contributed by atoms with E-state index in [-0.39, 0.29) is 6.10 Å². The van der Waals surface area contributed by atoms with E-state index >= 15 is 0 Å². The Morgan fingerprint density at radius 3 is 2.72 bits per heavy atom. The summed E-state index contributed by atoms with van der Waals surface area (Å²) >= 11 is 1.94. The van der Waals surface area contributed by atoms with Gasteiger partial charge < -0.3 is 10.1 Å². The molecule has 3 nitrogen and oxygen atoms in total. The number of rotatable bonds is 8. The number of nitrogens with zero attached hydrogens (tertiary/aromatic N) is 1. The molecule has 0 amide bonds. The topological polar surface area (TPSA) is 34.2 Å². The average Bonchev–Trinajstić information content (AvgIpc) is 2.34. The van der Waals surface area contributed by atoms with E-state index in [1.165, 1.54) is 5.56 Å². The summed E-state index contributed by atoms with van der Waals surface area (Å²) in [5.74, 6) is 3.06. The van der Waals surface area contributed by atoms with Gasteiger partial charge in [-0.15, -0.1) is 0 Å². The van der Waals surface area contributed by atoms with Gasteiger partial charge >= 0.3 is 0 Å². The zero-order chi connectivity index (χ0) is 13.4. The fourth-order valence-corrected chi connectivity index (χ4v) is 2.50. The normalized spacial score (nSPS) is 12.7. The van der Waals surface area contributed by atoms with Crippen LogP contribution in [0.15, 0.2) is 18.5 Å². The Kier molecular flexibility index (Phi) is 7.13.